The maximum Gasteiger partial charge on any atom is 0.116 e. The van der Waals surface area contributed by atoms with E-state index in [9.17, 15) is 0 Å². The first-order chi connectivity index (χ1) is 7.13. The summed E-state index contributed by atoms with van der Waals surface area (Å²) in [6, 6.07) is 9.66. The van der Waals surface area contributed by atoms with Crippen molar-refractivity contribution in [1.82, 2.24) is 0 Å². The van der Waals surface area contributed by atoms with Crippen molar-refractivity contribution < 1.29 is 0 Å². The van der Waals surface area contributed by atoms with Crippen LogP contribution >= 0.6 is 34.8 Å². The van der Waals surface area contributed by atoms with E-state index in [-0.39, 0.29) is 10.6 Å². The lowest BCUT2D eigenvalue weighted by Crippen LogP contribution is -2.11. The van der Waals surface area contributed by atoms with Crippen molar-refractivity contribution in [3.05, 3.63) is 39.6 Å². The molecule has 0 unspecified atom stereocenters. The van der Waals surface area contributed by atoms with Crippen LogP contribution in [0, 0.1) is 14.9 Å². The zero-order valence-corrected chi connectivity index (χ0v) is 10.7. The van der Waals surface area contributed by atoms with Gasteiger partial charge in [-0.05, 0) is 46.9 Å². The normalized spacial score (nSPS) is 10.5. The molecule has 0 saturated heterocycles. The molecule has 0 amide bonds. The Labute approximate surface area is 107 Å². The van der Waals surface area contributed by atoms with Crippen LogP contribution in [0.15, 0.2) is 36.0 Å². The minimum absolute atomic E-state index is 0.0931. The Morgan fingerprint density at radius 1 is 1.47 bits per heavy atom. The third-order valence-corrected chi connectivity index (χ3v) is 2.55. The molecule has 0 saturated carbocycles. The van der Waals surface area contributed by atoms with E-state index < -0.39 is 0 Å². The first-order valence-electron chi connectivity index (χ1n) is 4.05. The van der Waals surface area contributed by atoms with Gasteiger partial charge in [-0.3, -0.25) is 0 Å². The summed E-state index contributed by atoms with van der Waals surface area (Å²) in [6.07, 6.45) is 1.50. The predicted octanol–water partition coefficient (Wildman–Crippen LogP) is 2.40. The number of nitrogens with one attached hydrogen (secondary N) is 1. The highest BCUT2D eigenvalue weighted by Crippen LogP contribution is 2.11. The average Bonchev–Trinajstić information content (AvgIpc) is 2.21. The molecule has 15 heavy (non-hydrogen) atoms. The van der Waals surface area contributed by atoms with Crippen molar-refractivity contribution in [3.8, 4) is 6.07 Å². The van der Waals surface area contributed by atoms with Crippen molar-refractivity contribution in [2.45, 2.75) is 0 Å². The van der Waals surface area contributed by atoms with Gasteiger partial charge in [-0.2, -0.15) is 5.26 Å². The van der Waals surface area contributed by atoms with Crippen LogP contribution in [0.25, 0.3) is 0 Å². The Morgan fingerprint density at radius 3 is 2.53 bits per heavy atom. The molecule has 3 nitrogen and oxygen atoms in total. The van der Waals surface area contributed by atoms with Crippen LogP contribution in [0.1, 0.15) is 0 Å². The van der Waals surface area contributed by atoms with Crippen molar-refractivity contribution in [1.29, 1.82) is 5.26 Å². The minimum atomic E-state index is 0.0931. The zero-order chi connectivity index (χ0) is 11.3. The van der Waals surface area contributed by atoms with E-state index in [1.807, 2.05) is 30.3 Å². The van der Waals surface area contributed by atoms with E-state index in [1.165, 1.54) is 6.20 Å². The first-order valence-corrected chi connectivity index (χ1v) is 5.54. The van der Waals surface area contributed by atoms with E-state index in [4.69, 9.17) is 23.2 Å². The van der Waals surface area contributed by atoms with Gasteiger partial charge >= 0.3 is 0 Å². The Bertz CT molecular complexity index is 431. The van der Waals surface area contributed by atoms with E-state index in [0.29, 0.717) is 0 Å². The smallest absolute Gasteiger partial charge is 0.116 e. The minimum Gasteiger partial charge on any atom is -0.389 e. The summed E-state index contributed by atoms with van der Waals surface area (Å²) in [6.45, 7) is 0. The molecule has 0 bridgehead atoms. The number of thiocarbonyl (C=S) groups is 1. The Hall–Kier alpha value is -1.13. The average molecular weight is 329 g/mol. The zero-order valence-electron chi connectivity index (χ0n) is 7.70. The summed E-state index contributed by atoms with van der Waals surface area (Å²) in [7, 11) is 0. The van der Waals surface area contributed by atoms with E-state index >= 15 is 0 Å². The fourth-order valence-electron chi connectivity index (χ4n) is 0.860. The summed E-state index contributed by atoms with van der Waals surface area (Å²) < 4.78 is 1.15. The number of anilines is 1. The molecule has 0 aliphatic carbocycles. The lowest BCUT2D eigenvalue weighted by atomic mass is 10.3. The summed E-state index contributed by atoms with van der Waals surface area (Å²) in [5, 5.41) is 11.6. The third kappa shape index (κ3) is 3.85. The van der Waals surface area contributed by atoms with Gasteiger partial charge in [0.1, 0.15) is 16.6 Å². The number of hydrogen-bond acceptors (Lipinski definition) is 3. The topological polar surface area (TPSA) is 61.8 Å². The summed E-state index contributed by atoms with van der Waals surface area (Å²) in [4.78, 5) is 0.0931. The third-order valence-electron chi connectivity index (χ3n) is 1.61. The molecule has 1 aromatic carbocycles. The van der Waals surface area contributed by atoms with Crippen molar-refractivity contribution >= 4 is 45.5 Å². The number of hydrogen-bond donors (Lipinski definition) is 2. The highest BCUT2D eigenvalue weighted by Gasteiger charge is 1.97. The fraction of sp³-hybridized carbons (Fsp3) is 0. The number of nitrogens with zero attached hydrogens (tertiary/aromatic N) is 1. The molecule has 0 aliphatic rings. The van der Waals surface area contributed by atoms with Gasteiger partial charge < -0.3 is 11.1 Å². The van der Waals surface area contributed by atoms with Gasteiger partial charge in [0.05, 0.1) is 0 Å². The van der Waals surface area contributed by atoms with Crippen LogP contribution in [-0.4, -0.2) is 4.99 Å². The molecule has 76 valence electrons. The molecule has 5 heteroatoms. The molecular formula is C10H8IN3S. The molecule has 1 rings (SSSR count). The quantitative estimate of drug-likeness (QED) is 0.387. The van der Waals surface area contributed by atoms with Crippen molar-refractivity contribution in [2.75, 3.05) is 5.32 Å². The summed E-state index contributed by atoms with van der Waals surface area (Å²) >= 11 is 6.92. The second-order valence-corrected chi connectivity index (χ2v) is 4.37. The number of benzene rings is 1. The standard InChI is InChI=1S/C10H8IN3S/c11-8-1-3-9(4-2-8)14-6-7(5-12)10(13)15/h1-4,6,14H,(H2,13,15)/b7-6+. The number of rotatable bonds is 3. The largest absolute Gasteiger partial charge is 0.389 e. The number of nitriles is 1. The SMILES string of the molecule is N#C/C(=C\Nc1ccc(I)cc1)C(N)=S. The maximum absolute atomic E-state index is 8.69. The highest BCUT2D eigenvalue weighted by molar-refractivity contribution is 14.1. The molecule has 0 spiro atoms. The van der Waals surface area contributed by atoms with Gasteiger partial charge in [0.15, 0.2) is 0 Å². The van der Waals surface area contributed by atoms with Gasteiger partial charge in [-0.25, -0.2) is 0 Å². The fourth-order valence-corrected chi connectivity index (χ4v) is 1.32. The molecule has 0 radical (unpaired) electrons. The second-order valence-electron chi connectivity index (χ2n) is 2.69. The van der Waals surface area contributed by atoms with Gasteiger partial charge in [0, 0.05) is 15.5 Å². The van der Waals surface area contributed by atoms with Gasteiger partial charge in [0.25, 0.3) is 0 Å². The van der Waals surface area contributed by atoms with Crippen LogP contribution < -0.4 is 11.1 Å². The molecule has 0 aromatic heterocycles. The maximum atomic E-state index is 8.69. The lowest BCUT2D eigenvalue weighted by Gasteiger charge is -2.01. The first kappa shape index (κ1) is 11.9. The van der Waals surface area contributed by atoms with Gasteiger partial charge in [-0.1, -0.05) is 12.2 Å². The van der Waals surface area contributed by atoms with E-state index in [1.54, 1.807) is 0 Å². The molecule has 1 aromatic rings. The predicted molar refractivity (Wildman–Crippen MR) is 73.3 cm³/mol. The highest BCUT2D eigenvalue weighted by atomic mass is 127. The monoisotopic (exact) mass is 329 g/mol. The molecule has 0 atom stereocenters. The molecule has 0 aliphatic heterocycles. The Balaban J connectivity index is 2.76. The number of halogens is 1. The van der Waals surface area contributed by atoms with Crippen LogP contribution in [0.3, 0.4) is 0 Å². The van der Waals surface area contributed by atoms with Crippen LogP contribution in [0.5, 0.6) is 0 Å². The summed E-state index contributed by atoms with van der Waals surface area (Å²) in [5.74, 6) is 0. The molecule has 0 heterocycles. The van der Waals surface area contributed by atoms with E-state index in [0.717, 1.165) is 9.26 Å². The molecular weight excluding hydrogens is 321 g/mol. The van der Waals surface area contributed by atoms with Crippen LogP contribution in [0.4, 0.5) is 5.69 Å². The number of nitrogens with two attached hydrogens (primary N) is 1. The second kappa shape index (κ2) is 5.68. The van der Waals surface area contributed by atoms with Gasteiger partial charge in [0.2, 0.25) is 0 Å². The van der Waals surface area contributed by atoms with Crippen LogP contribution in [0.2, 0.25) is 0 Å². The lowest BCUT2D eigenvalue weighted by molar-refractivity contribution is 1.48. The van der Waals surface area contributed by atoms with Gasteiger partial charge in [-0.15, -0.1) is 0 Å². The Morgan fingerprint density at radius 2 is 2.07 bits per heavy atom. The van der Waals surface area contributed by atoms with Crippen molar-refractivity contribution in [2.24, 2.45) is 5.73 Å². The van der Waals surface area contributed by atoms with E-state index in [2.05, 4.69) is 27.9 Å². The Kier molecular flexibility index (Phi) is 4.52. The summed E-state index contributed by atoms with van der Waals surface area (Å²) in [5.41, 5.74) is 6.49. The van der Waals surface area contributed by atoms with Crippen molar-refractivity contribution in [3.63, 3.8) is 0 Å². The molecule has 3 N–H and O–H groups in total. The molecule has 0 fully saturated rings. The van der Waals surface area contributed by atoms with Crippen LogP contribution in [-0.2, 0) is 0 Å².